The third-order valence-corrected chi connectivity index (χ3v) is 4.05. The molecule has 1 unspecified atom stereocenters. The average Bonchev–Trinajstić information content (AvgIpc) is 2.38. The minimum absolute atomic E-state index is 0.00934. The van der Waals surface area contributed by atoms with Crippen LogP contribution in [-0.4, -0.2) is 4.21 Å². The van der Waals surface area contributed by atoms with Gasteiger partial charge in [0.25, 0.3) is 0 Å². The molecule has 0 amide bonds. The third kappa shape index (κ3) is 3.45. The highest BCUT2D eigenvalue weighted by molar-refractivity contribution is 7.84. The summed E-state index contributed by atoms with van der Waals surface area (Å²) in [5.74, 6) is -0.789. The third-order valence-electron chi connectivity index (χ3n) is 2.63. The van der Waals surface area contributed by atoms with Crippen molar-refractivity contribution in [1.82, 2.24) is 0 Å². The first-order chi connectivity index (χ1) is 9.38. The molecule has 1 nitrogen and oxygen atoms in total. The highest BCUT2D eigenvalue weighted by Crippen LogP contribution is 2.30. The fraction of sp³-hybridized carbons (Fsp3) is 0.143. The maximum Gasteiger partial charge on any atom is 0.416 e. The van der Waals surface area contributed by atoms with Gasteiger partial charge < -0.3 is 0 Å². The lowest BCUT2D eigenvalue weighted by Gasteiger charge is -2.09. The molecule has 0 heterocycles. The van der Waals surface area contributed by atoms with Gasteiger partial charge in [0.05, 0.1) is 27.0 Å². The van der Waals surface area contributed by atoms with Crippen molar-refractivity contribution in [2.24, 2.45) is 0 Å². The zero-order valence-corrected chi connectivity index (χ0v) is 11.0. The van der Waals surface area contributed by atoms with Gasteiger partial charge in [-0.2, -0.15) is 13.2 Å². The Hall–Kier alpha value is -1.69. The zero-order chi connectivity index (χ0) is 14.8. The topological polar surface area (TPSA) is 17.1 Å². The van der Waals surface area contributed by atoms with E-state index in [1.165, 1.54) is 36.4 Å². The number of benzene rings is 2. The molecule has 106 valence electrons. The van der Waals surface area contributed by atoms with Gasteiger partial charge in [-0.25, -0.2) is 4.39 Å². The second-order valence-corrected chi connectivity index (χ2v) is 5.54. The van der Waals surface area contributed by atoms with Gasteiger partial charge in [0.2, 0.25) is 0 Å². The van der Waals surface area contributed by atoms with Gasteiger partial charge in [-0.15, -0.1) is 0 Å². The molecular formula is C14H10F4OS. The van der Waals surface area contributed by atoms with Crippen molar-refractivity contribution in [2.75, 3.05) is 0 Å². The molecule has 0 aliphatic carbocycles. The molecule has 0 saturated heterocycles. The number of hydrogen-bond acceptors (Lipinski definition) is 1. The molecule has 6 heteroatoms. The van der Waals surface area contributed by atoms with Crippen LogP contribution in [0.15, 0.2) is 53.4 Å². The number of alkyl halides is 3. The summed E-state index contributed by atoms with van der Waals surface area (Å²) in [4.78, 5) is -0.00934. The van der Waals surface area contributed by atoms with Gasteiger partial charge in [-0.1, -0.05) is 30.3 Å². The van der Waals surface area contributed by atoms with Crippen LogP contribution in [0.3, 0.4) is 0 Å². The van der Waals surface area contributed by atoms with Crippen molar-refractivity contribution in [2.45, 2.75) is 16.8 Å². The summed E-state index contributed by atoms with van der Waals surface area (Å²) < 4.78 is 63.1. The Morgan fingerprint density at radius 1 is 1.00 bits per heavy atom. The summed E-state index contributed by atoms with van der Waals surface area (Å²) in [6.07, 6.45) is -4.45. The van der Waals surface area contributed by atoms with Crippen LogP contribution in [0.5, 0.6) is 0 Å². The van der Waals surface area contributed by atoms with Crippen LogP contribution in [0.1, 0.15) is 11.1 Å². The monoisotopic (exact) mass is 302 g/mol. The standard InChI is InChI=1S/C14H10F4OS/c15-12-6-1-2-7-13(12)20(19)9-10-4-3-5-11(8-10)14(16,17)18/h1-8H,9H2. The first kappa shape index (κ1) is 14.7. The summed E-state index contributed by atoms with van der Waals surface area (Å²) in [6, 6.07) is 10.1. The first-order valence-corrected chi connectivity index (χ1v) is 6.99. The lowest BCUT2D eigenvalue weighted by molar-refractivity contribution is -0.137. The fourth-order valence-electron chi connectivity index (χ4n) is 1.70. The van der Waals surface area contributed by atoms with Crippen LogP contribution < -0.4 is 0 Å². The smallest absolute Gasteiger partial charge is 0.254 e. The van der Waals surface area contributed by atoms with E-state index in [1.54, 1.807) is 0 Å². The molecule has 0 spiro atoms. The van der Waals surface area contributed by atoms with Crippen molar-refractivity contribution in [1.29, 1.82) is 0 Å². The van der Waals surface area contributed by atoms with E-state index in [2.05, 4.69) is 0 Å². The van der Waals surface area contributed by atoms with E-state index in [0.717, 1.165) is 12.1 Å². The number of halogens is 4. The summed E-state index contributed by atoms with van der Waals surface area (Å²) in [7, 11) is -1.72. The Bertz CT molecular complexity index is 637. The molecule has 0 aliphatic heterocycles. The molecule has 1 atom stereocenters. The first-order valence-electron chi connectivity index (χ1n) is 5.67. The molecule has 2 rings (SSSR count). The Balaban J connectivity index is 2.23. The van der Waals surface area contributed by atoms with E-state index in [4.69, 9.17) is 0 Å². The Kier molecular flexibility index (Phi) is 4.23. The van der Waals surface area contributed by atoms with Crippen molar-refractivity contribution >= 4 is 10.8 Å². The van der Waals surface area contributed by atoms with E-state index < -0.39 is 28.4 Å². The Labute approximate surface area is 115 Å². The van der Waals surface area contributed by atoms with Gasteiger partial charge in [0.15, 0.2) is 0 Å². The molecule has 0 N–H and O–H groups in total. The quantitative estimate of drug-likeness (QED) is 0.778. The summed E-state index contributed by atoms with van der Waals surface area (Å²) in [6.45, 7) is 0. The van der Waals surface area contributed by atoms with Crippen molar-refractivity contribution < 1.29 is 21.8 Å². The van der Waals surface area contributed by atoms with Gasteiger partial charge in [0, 0.05) is 0 Å². The lowest BCUT2D eigenvalue weighted by Crippen LogP contribution is -2.06. The van der Waals surface area contributed by atoms with Gasteiger partial charge in [0.1, 0.15) is 5.82 Å². The second kappa shape index (κ2) is 5.75. The van der Waals surface area contributed by atoms with E-state index in [1.807, 2.05) is 0 Å². The molecule has 0 aromatic heterocycles. The Morgan fingerprint density at radius 2 is 1.70 bits per heavy atom. The van der Waals surface area contributed by atoms with Crippen molar-refractivity contribution in [3.63, 3.8) is 0 Å². The van der Waals surface area contributed by atoms with E-state index in [-0.39, 0.29) is 16.2 Å². The maximum absolute atomic E-state index is 13.4. The lowest BCUT2D eigenvalue weighted by atomic mass is 10.1. The van der Waals surface area contributed by atoms with Crippen LogP contribution in [0, 0.1) is 5.82 Å². The normalized spacial score (nSPS) is 13.2. The van der Waals surface area contributed by atoms with Gasteiger partial charge >= 0.3 is 6.18 Å². The van der Waals surface area contributed by atoms with E-state index in [0.29, 0.717) is 0 Å². The minimum Gasteiger partial charge on any atom is -0.254 e. The second-order valence-electron chi connectivity index (χ2n) is 4.12. The molecular weight excluding hydrogens is 292 g/mol. The maximum atomic E-state index is 13.4. The van der Waals surface area contributed by atoms with Gasteiger partial charge in [-0.05, 0) is 23.8 Å². The molecule has 0 bridgehead atoms. The molecule has 2 aromatic carbocycles. The van der Waals surface area contributed by atoms with E-state index in [9.17, 15) is 21.8 Å². The Morgan fingerprint density at radius 3 is 2.35 bits per heavy atom. The molecule has 0 aliphatic rings. The zero-order valence-electron chi connectivity index (χ0n) is 10.2. The van der Waals surface area contributed by atoms with Gasteiger partial charge in [-0.3, -0.25) is 4.21 Å². The predicted octanol–water partition coefficient (Wildman–Crippen LogP) is 4.15. The van der Waals surface area contributed by atoms with Crippen LogP contribution in [0.25, 0.3) is 0 Å². The highest BCUT2D eigenvalue weighted by Gasteiger charge is 2.30. The largest absolute Gasteiger partial charge is 0.416 e. The summed E-state index contributed by atoms with van der Waals surface area (Å²) >= 11 is 0. The van der Waals surface area contributed by atoms with E-state index >= 15 is 0 Å². The minimum atomic E-state index is -4.45. The average molecular weight is 302 g/mol. The predicted molar refractivity (Wildman–Crippen MR) is 68.0 cm³/mol. The highest BCUT2D eigenvalue weighted by atomic mass is 32.2. The SMILES string of the molecule is O=S(Cc1cccc(C(F)(F)F)c1)c1ccccc1F. The summed E-state index contributed by atoms with van der Waals surface area (Å²) in [5.41, 5.74) is -0.554. The fourth-order valence-corrected chi connectivity index (χ4v) is 2.85. The van der Waals surface area contributed by atoms with Crippen molar-refractivity contribution in [3.8, 4) is 0 Å². The molecule has 0 fully saturated rings. The van der Waals surface area contributed by atoms with Crippen LogP contribution in [-0.2, 0) is 22.7 Å². The molecule has 2 aromatic rings. The molecule has 20 heavy (non-hydrogen) atoms. The van der Waals surface area contributed by atoms with Crippen LogP contribution >= 0.6 is 0 Å². The van der Waals surface area contributed by atoms with Crippen LogP contribution in [0.2, 0.25) is 0 Å². The van der Waals surface area contributed by atoms with Crippen molar-refractivity contribution in [3.05, 3.63) is 65.5 Å². The summed E-state index contributed by atoms with van der Waals surface area (Å²) in [5, 5.41) is 0. The number of rotatable bonds is 3. The molecule has 0 saturated carbocycles. The number of hydrogen-bond donors (Lipinski definition) is 0. The van der Waals surface area contributed by atoms with Crippen LogP contribution in [0.4, 0.5) is 17.6 Å². The molecule has 0 radical (unpaired) electrons.